The second-order valence-electron chi connectivity index (χ2n) is 2.46. The molecule has 0 aliphatic rings. The van der Waals surface area contributed by atoms with Gasteiger partial charge in [-0.05, 0) is 13.0 Å². The third-order valence-corrected chi connectivity index (χ3v) is 2.25. The number of aromatic carboxylic acids is 1. The van der Waals surface area contributed by atoms with Crippen molar-refractivity contribution in [1.82, 2.24) is 4.98 Å². The van der Waals surface area contributed by atoms with Crippen LogP contribution in [0.25, 0.3) is 6.08 Å². The van der Waals surface area contributed by atoms with E-state index < -0.39 is 11.9 Å². The maximum atomic E-state index is 10.9. The Labute approximate surface area is 90.0 Å². The number of carboxylic acid groups (broad SMARTS) is 1. The predicted molar refractivity (Wildman–Crippen MR) is 54.7 cm³/mol. The normalized spacial score (nSPS) is 10.5. The summed E-state index contributed by atoms with van der Waals surface area (Å²) in [6.07, 6.45) is 2.57. The molecule has 0 radical (unpaired) electrons. The quantitative estimate of drug-likeness (QED) is 0.621. The van der Waals surface area contributed by atoms with Crippen LogP contribution in [-0.2, 0) is 9.53 Å². The van der Waals surface area contributed by atoms with Crippen LogP contribution in [0.15, 0.2) is 11.6 Å². The van der Waals surface area contributed by atoms with Crippen LogP contribution in [0.4, 0.5) is 0 Å². The number of carbonyl (C=O) groups excluding carboxylic acids is 1. The first-order valence-electron chi connectivity index (χ1n) is 4.16. The Morgan fingerprint density at radius 3 is 3.00 bits per heavy atom. The molecule has 0 atom stereocenters. The molecule has 0 aromatic carbocycles. The van der Waals surface area contributed by atoms with Gasteiger partial charge < -0.3 is 9.84 Å². The monoisotopic (exact) mass is 227 g/mol. The largest absolute Gasteiger partial charge is 0.476 e. The summed E-state index contributed by atoms with van der Waals surface area (Å²) in [4.78, 5) is 25.7. The first kappa shape index (κ1) is 11.4. The van der Waals surface area contributed by atoms with Crippen LogP contribution in [-0.4, -0.2) is 28.6 Å². The molecule has 1 aromatic rings. The predicted octanol–water partition coefficient (Wildman–Crippen LogP) is 1.42. The minimum atomic E-state index is -1.11. The van der Waals surface area contributed by atoms with Crippen LogP contribution in [0, 0.1) is 0 Å². The number of ether oxygens (including phenoxy) is 1. The van der Waals surface area contributed by atoms with Crippen LogP contribution >= 0.6 is 11.3 Å². The molecule has 0 saturated heterocycles. The Hall–Kier alpha value is -1.69. The molecule has 0 bridgehead atoms. The average molecular weight is 227 g/mol. The lowest BCUT2D eigenvalue weighted by atomic mass is 10.3. The molecule has 1 heterocycles. The summed E-state index contributed by atoms with van der Waals surface area (Å²) in [5.41, 5.74) is 1.36. The van der Waals surface area contributed by atoms with Gasteiger partial charge in [0.2, 0.25) is 0 Å². The number of hydrogen-bond donors (Lipinski definition) is 1. The van der Waals surface area contributed by atoms with Gasteiger partial charge in [-0.2, -0.15) is 0 Å². The summed E-state index contributed by atoms with van der Waals surface area (Å²) in [6.45, 7) is 1.98. The van der Waals surface area contributed by atoms with E-state index in [0.717, 1.165) is 11.3 Å². The number of rotatable bonds is 4. The number of carbonyl (C=O) groups is 2. The molecule has 0 spiro atoms. The fourth-order valence-corrected chi connectivity index (χ4v) is 1.54. The van der Waals surface area contributed by atoms with Crippen molar-refractivity contribution < 1.29 is 19.4 Å². The van der Waals surface area contributed by atoms with E-state index >= 15 is 0 Å². The summed E-state index contributed by atoms with van der Waals surface area (Å²) in [7, 11) is 0. The first-order valence-corrected chi connectivity index (χ1v) is 5.04. The van der Waals surface area contributed by atoms with Gasteiger partial charge in [-0.15, -0.1) is 11.3 Å². The molecule has 0 aliphatic carbocycles. The third-order valence-electron chi connectivity index (χ3n) is 1.45. The molecule has 5 nitrogen and oxygen atoms in total. The maximum Gasteiger partial charge on any atom is 0.356 e. The Balaban J connectivity index is 2.76. The van der Waals surface area contributed by atoms with Gasteiger partial charge in [-0.3, -0.25) is 0 Å². The van der Waals surface area contributed by atoms with Crippen LogP contribution in [0.3, 0.4) is 0 Å². The number of thiazole rings is 1. The minimum Gasteiger partial charge on any atom is -0.476 e. The van der Waals surface area contributed by atoms with Gasteiger partial charge in [-0.25, -0.2) is 14.6 Å². The van der Waals surface area contributed by atoms with Crippen LogP contribution in [0.2, 0.25) is 0 Å². The van der Waals surface area contributed by atoms with Crippen molar-refractivity contribution in [3.8, 4) is 0 Å². The van der Waals surface area contributed by atoms with Crippen molar-refractivity contribution in [2.75, 3.05) is 6.61 Å². The van der Waals surface area contributed by atoms with E-state index in [4.69, 9.17) is 5.11 Å². The second-order valence-corrected chi connectivity index (χ2v) is 3.34. The molecule has 80 valence electrons. The highest BCUT2D eigenvalue weighted by Gasteiger charge is 2.10. The average Bonchev–Trinajstić information content (AvgIpc) is 2.63. The molecular formula is C9H9NO4S. The summed E-state index contributed by atoms with van der Waals surface area (Å²) < 4.78 is 4.65. The van der Waals surface area contributed by atoms with Crippen LogP contribution < -0.4 is 0 Å². The molecule has 0 saturated carbocycles. The number of nitrogens with zero attached hydrogens (tertiary/aromatic N) is 1. The zero-order valence-electron chi connectivity index (χ0n) is 7.97. The molecule has 1 N–H and O–H groups in total. The van der Waals surface area contributed by atoms with Crippen molar-refractivity contribution in [2.24, 2.45) is 0 Å². The Morgan fingerprint density at radius 2 is 2.40 bits per heavy atom. The van der Waals surface area contributed by atoms with Crippen molar-refractivity contribution in [2.45, 2.75) is 6.92 Å². The highest BCUT2D eigenvalue weighted by Crippen LogP contribution is 2.15. The van der Waals surface area contributed by atoms with Gasteiger partial charge in [0.15, 0.2) is 5.69 Å². The molecule has 15 heavy (non-hydrogen) atoms. The molecule has 6 heteroatoms. The first-order chi connectivity index (χ1) is 7.15. The van der Waals surface area contributed by atoms with Crippen molar-refractivity contribution in [3.63, 3.8) is 0 Å². The van der Waals surface area contributed by atoms with E-state index in [1.54, 1.807) is 6.92 Å². The van der Waals surface area contributed by atoms with Crippen molar-refractivity contribution in [3.05, 3.63) is 22.2 Å². The van der Waals surface area contributed by atoms with Crippen LogP contribution in [0.1, 0.15) is 22.3 Å². The fourth-order valence-electron chi connectivity index (χ4n) is 0.868. The van der Waals surface area contributed by atoms with Gasteiger partial charge in [0, 0.05) is 6.08 Å². The van der Waals surface area contributed by atoms with E-state index in [9.17, 15) is 9.59 Å². The lowest BCUT2D eigenvalue weighted by Gasteiger charge is -1.94. The van der Waals surface area contributed by atoms with Gasteiger partial charge >= 0.3 is 11.9 Å². The standard InChI is InChI=1S/C9H9NO4S/c1-2-14-7(11)4-3-6-8(9(12)13)10-5-15-6/h3-5H,2H2,1H3,(H,12,13). The molecule has 0 amide bonds. The van der Waals surface area contributed by atoms with E-state index in [-0.39, 0.29) is 12.3 Å². The highest BCUT2D eigenvalue weighted by molar-refractivity contribution is 7.10. The molecule has 1 rings (SSSR count). The van der Waals surface area contributed by atoms with Crippen molar-refractivity contribution in [1.29, 1.82) is 0 Å². The minimum absolute atomic E-state index is 0.0550. The lowest BCUT2D eigenvalue weighted by Crippen LogP contribution is -2.00. The fraction of sp³-hybridized carbons (Fsp3) is 0.222. The summed E-state index contributed by atoms with van der Waals surface area (Å²) in [6, 6.07) is 0. The Morgan fingerprint density at radius 1 is 1.67 bits per heavy atom. The number of esters is 1. The van der Waals surface area contributed by atoms with E-state index in [1.165, 1.54) is 17.7 Å². The van der Waals surface area contributed by atoms with Gasteiger partial charge in [0.05, 0.1) is 17.0 Å². The number of carboxylic acids is 1. The van der Waals surface area contributed by atoms with Crippen molar-refractivity contribution >= 4 is 29.4 Å². The van der Waals surface area contributed by atoms with Crippen LogP contribution in [0.5, 0.6) is 0 Å². The molecule has 1 aromatic heterocycles. The molecular weight excluding hydrogens is 218 g/mol. The van der Waals surface area contributed by atoms with Gasteiger partial charge in [-0.1, -0.05) is 0 Å². The van der Waals surface area contributed by atoms with Gasteiger partial charge in [0.25, 0.3) is 0 Å². The van der Waals surface area contributed by atoms with E-state index in [1.807, 2.05) is 0 Å². The molecule has 0 fully saturated rings. The zero-order valence-corrected chi connectivity index (χ0v) is 8.78. The molecule has 0 unspecified atom stereocenters. The Kier molecular flexibility index (Phi) is 3.99. The second kappa shape index (κ2) is 5.26. The SMILES string of the molecule is CCOC(=O)C=Cc1scnc1C(=O)O. The smallest absolute Gasteiger partial charge is 0.356 e. The van der Waals surface area contributed by atoms with E-state index in [0.29, 0.717) is 4.88 Å². The third kappa shape index (κ3) is 3.17. The zero-order chi connectivity index (χ0) is 11.3. The number of aromatic nitrogens is 1. The lowest BCUT2D eigenvalue weighted by molar-refractivity contribution is -0.137. The van der Waals surface area contributed by atoms with Gasteiger partial charge in [0.1, 0.15) is 0 Å². The summed E-state index contributed by atoms with van der Waals surface area (Å²) >= 11 is 1.15. The highest BCUT2D eigenvalue weighted by atomic mass is 32.1. The summed E-state index contributed by atoms with van der Waals surface area (Å²) in [5, 5.41) is 8.72. The number of hydrogen-bond acceptors (Lipinski definition) is 5. The maximum absolute atomic E-state index is 10.9. The van der Waals surface area contributed by atoms with E-state index in [2.05, 4.69) is 9.72 Å². The molecule has 0 aliphatic heterocycles. The Bertz CT molecular complexity index is 397. The topological polar surface area (TPSA) is 76.5 Å². The summed E-state index contributed by atoms with van der Waals surface area (Å²) in [5.74, 6) is -1.61.